The van der Waals surface area contributed by atoms with Crippen molar-refractivity contribution in [2.45, 2.75) is 27.2 Å². The van der Waals surface area contributed by atoms with Gasteiger partial charge in [0.2, 0.25) is 0 Å². The van der Waals surface area contributed by atoms with Crippen LogP contribution in [0.1, 0.15) is 23.9 Å². The van der Waals surface area contributed by atoms with E-state index in [0.717, 1.165) is 23.6 Å². The van der Waals surface area contributed by atoms with Gasteiger partial charge in [0, 0.05) is 5.69 Å². The van der Waals surface area contributed by atoms with Gasteiger partial charge >= 0.3 is 0 Å². The van der Waals surface area contributed by atoms with Crippen LogP contribution in [0.5, 0.6) is 5.75 Å². The predicted octanol–water partition coefficient (Wildman–Crippen LogP) is 3.06. The molecule has 90 valence electrons. The number of rotatable bonds is 3. The summed E-state index contributed by atoms with van der Waals surface area (Å²) in [6.07, 6.45) is 1.02. The lowest BCUT2D eigenvalue weighted by Crippen LogP contribution is -1.99. The molecule has 0 radical (unpaired) electrons. The molecule has 0 bridgehead atoms. The summed E-state index contributed by atoms with van der Waals surface area (Å²) in [6, 6.07) is 7.96. The van der Waals surface area contributed by atoms with Crippen LogP contribution in [0.4, 0.5) is 0 Å². The summed E-state index contributed by atoms with van der Waals surface area (Å²) in [5.41, 5.74) is 4.74. The molecule has 0 atom stereocenters. The fourth-order valence-electron chi connectivity index (χ4n) is 2.16. The summed E-state index contributed by atoms with van der Waals surface area (Å²) in [7, 11) is 1.67. The highest BCUT2D eigenvalue weighted by molar-refractivity contribution is 5.40. The second-order valence-corrected chi connectivity index (χ2v) is 4.11. The van der Waals surface area contributed by atoms with Crippen LogP contribution in [0.3, 0.4) is 0 Å². The van der Waals surface area contributed by atoms with E-state index in [2.05, 4.69) is 25.9 Å². The van der Waals surface area contributed by atoms with Gasteiger partial charge < -0.3 is 4.74 Å². The lowest BCUT2D eigenvalue weighted by atomic mass is 10.1. The Morgan fingerprint density at radius 1 is 1.18 bits per heavy atom. The van der Waals surface area contributed by atoms with Crippen molar-refractivity contribution >= 4 is 0 Å². The van der Waals surface area contributed by atoms with E-state index in [1.807, 2.05) is 28.9 Å². The Bertz CT molecular complexity index is 512. The Labute approximate surface area is 102 Å². The van der Waals surface area contributed by atoms with Gasteiger partial charge in [0.1, 0.15) is 5.75 Å². The average Bonchev–Trinajstić information content (AvgIpc) is 2.64. The quantitative estimate of drug-likeness (QED) is 0.810. The molecule has 1 aromatic carbocycles. The van der Waals surface area contributed by atoms with E-state index >= 15 is 0 Å². The van der Waals surface area contributed by atoms with Crippen LogP contribution in [0.2, 0.25) is 0 Å². The van der Waals surface area contributed by atoms with Crippen molar-refractivity contribution in [1.82, 2.24) is 9.78 Å². The van der Waals surface area contributed by atoms with Gasteiger partial charge in [0.25, 0.3) is 0 Å². The minimum atomic E-state index is 0.867. The van der Waals surface area contributed by atoms with Crippen LogP contribution in [-0.4, -0.2) is 16.9 Å². The van der Waals surface area contributed by atoms with Gasteiger partial charge in [-0.05, 0) is 50.1 Å². The van der Waals surface area contributed by atoms with Gasteiger partial charge in [0.15, 0.2) is 0 Å². The Balaban J connectivity index is 2.45. The first-order chi connectivity index (χ1) is 8.17. The Morgan fingerprint density at radius 3 is 2.29 bits per heavy atom. The second-order valence-electron chi connectivity index (χ2n) is 4.11. The van der Waals surface area contributed by atoms with E-state index in [4.69, 9.17) is 4.74 Å². The van der Waals surface area contributed by atoms with Gasteiger partial charge in [-0.25, -0.2) is 4.68 Å². The highest BCUT2D eigenvalue weighted by atomic mass is 16.5. The van der Waals surface area contributed by atoms with Gasteiger partial charge in [-0.2, -0.15) is 5.10 Å². The van der Waals surface area contributed by atoms with E-state index < -0.39 is 0 Å². The molecule has 0 aliphatic rings. The Morgan fingerprint density at radius 2 is 1.82 bits per heavy atom. The summed E-state index contributed by atoms with van der Waals surface area (Å²) in [4.78, 5) is 0. The minimum Gasteiger partial charge on any atom is -0.497 e. The first-order valence-electron chi connectivity index (χ1n) is 5.87. The molecule has 17 heavy (non-hydrogen) atoms. The SMILES string of the molecule is CCc1c(C)nn(-c2ccc(OC)cc2)c1C. The number of ether oxygens (including phenoxy) is 1. The maximum atomic E-state index is 5.16. The van der Waals surface area contributed by atoms with Gasteiger partial charge in [-0.1, -0.05) is 6.92 Å². The number of hydrogen-bond acceptors (Lipinski definition) is 2. The number of hydrogen-bond donors (Lipinski definition) is 0. The smallest absolute Gasteiger partial charge is 0.119 e. The third-order valence-electron chi connectivity index (χ3n) is 3.11. The molecule has 0 amide bonds. The van der Waals surface area contributed by atoms with Crippen LogP contribution >= 0.6 is 0 Å². The van der Waals surface area contributed by atoms with Gasteiger partial charge in [0.05, 0.1) is 18.5 Å². The minimum absolute atomic E-state index is 0.867. The summed E-state index contributed by atoms with van der Waals surface area (Å²) in [5.74, 6) is 0.867. The second kappa shape index (κ2) is 4.62. The largest absolute Gasteiger partial charge is 0.497 e. The molecule has 0 N–H and O–H groups in total. The van der Waals surface area contributed by atoms with Gasteiger partial charge in [-0.15, -0.1) is 0 Å². The molecule has 0 saturated heterocycles. The molecule has 2 rings (SSSR count). The lowest BCUT2D eigenvalue weighted by Gasteiger charge is -2.06. The van der Waals surface area contributed by atoms with Crippen LogP contribution in [-0.2, 0) is 6.42 Å². The summed E-state index contributed by atoms with van der Waals surface area (Å²) in [5, 5.41) is 4.58. The Kier molecular flexibility index (Phi) is 3.18. The summed E-state index contributed by atoms with van der Waals surface area (Å²) < 4.78 is 7.15. The summed E-state index contributed by atoms with van der Waals surface area (Å²) >= 11 is 0. The molecular formula is C14H18N2O. The van der Waals surface area contributed by atoms with Crippen LogP contribution < -0.4 is 4.74 Å². The van der Waals surface area contributed by atoms with Crippen molar-refractivity contribution in [2.75, 3.05) is 7.11 Å². The maximum Gasteiger partial charge on any atom is 0.119 e. The van der Waals surface area contributed by atoms with E-state index in [-0.39, 0.29) is 0 Å². The molecule has 0 aliphatic heterocycles. The number of aryl methyl sites for hydroxylation is 1. The zero-order chi connectivity index (χ0) is 12.4. The van der Waals surface area contributed by atoms with Crippen molar-refractivity contribution in [3.8, 4) is 11.4 Å². The highest BCUT2D eigenvalue weighted by Crippen LogP contribution is 2.20. The third kappa shape index (κ3) is 2.05. The molecular weight excluding hydrogens is 212 g/mol. The number of nitrogens with zero attached hydrogens (tertiary/aromatic N) is 2. The molecule has 3 heteroatoms. The molecule has 0 saturated carbocycles. The van der Waals surface area contributed by atoms with Crippen LogP contribution in [0.25, 0.3) is 5.69 Å². The third-order valence-corrected chi connectivity index (χ3v) is 3.11. The van der Waals surface area contributed by atoms with E-state index in [0.29, 0.717) is 0 Å². The van der Waals surface area contributed by atoms with Gasteiger partial charge in [-0.3, -0.25) is 0 Å². The monoisotopic (exact) mass is 230 g/mol. The summed E-state index contributed by atoms with van der Waals surface area (Å²) in [6.45, 7) is 6.34. The zero-order valence-corrected chi connectivity index (χ0v) is 10.8. The molecule has 1 heterocycles. The van der Waals surface area contributed by atoms with Crippen LogP contribution in [0.15, 0.2) is 24.3 Å². The molecule has 0 aliphatic carbocycles. The molecule has 0 unspecified atom stereocenters. The average molecular weight is 230 g/mol. The molecule has 1 aromatic heterocycles. The standard InChI is InChI=1S/C14H18N2O/c1-5-14-10(2)15-16(11(14)3)12-6-8-13(17-4)9-7-12/h6-9H,5H2,1-4H3. The van der Waals surface area contributed by atoms with E-state index in [1.165, 1.54) is 11.3 Å². The van der Waals surface area contributed by atoms with Crippen LogP contribution in [0, 0.1) is 13.8 Å². The lowest BCUT2D eigenvalue weighted by molar-refractivity contribution is 0.414. The van der Waals surface area contributed by atoms with Crippen molar-refractivity contribution in [3.63, 3.8) is 0 Å². The molecule has 2 aromatic rings. The predicted molar refractivity (Wildman–Crippen MR) is 69.0 cm³/mol. The van der Waals surface area contributed by atoms with E-state index in [9.17, 15) is 0 Å². The number of aromatic nitrogens is 2. The molecule has 0 spiro atoms. The zero-order valence-electron chi connectivity index (χ0n) is 10.8. The fourth-order valence-corrected chi connectivity index (χ4v) is 2.16. The first-order valence-corrected chi connectivity index (χ1v) is 5.87. The van der Waals surface area contributed by atoms with Crippen molar-refractivity contribution < 1.29 is 4.74 Å². The highest BCUT2D eigenvalue weighted by Gasteiger charge is 2.10. The Hall–Kier alpha value is -1.77. The van der Waals surface area contributed by atoms with Crippen molar-refractivity contribution in [2.24, 2.45) is 0 Å². The molecule has 3 nitrogen and oxygen atoms in total. The van der Waals surface area contributed by atoms with E-state index in [1.54, 1.807) is 7.11 Å². The molecule has 0 fully saturated rings. The maximum absolute atomic E-state index is 5.16. The topological polar surface area (TPSA) is 27.1 Å². The fraction of sp³-hybridized carbons (Fsp3) is 0.357. The van der Waals surface area contributed by atoms with Crippen molar-refractivity contribution in [3.05, 3.63) is 41.2 Å². The van der Waals surface area contributed by atoms with Crippen molar-refractivity contribution in [1.29, 1.82) is 0 Å². The number of benzene rings is 1. The first kappa shape index (κ1) is 11.7. The normalized spacial score (nSPS) is 10.6. The number of methoxy groups -OCH3 is 1.